The highest BCUT2D eigenvalue weighted by molar-refractivity contribution is 5.67. The zero-order chi connectivity index (χ0) is 20.1. The molecule has 6 heteroatoms. The van der Waals surface area contributed by atoms with E-state index in [0.29, 0.717) is 17.5 Å². The van der Waals surface area contributed by atoms with E-state index in [4.69, 9.17) is 4.42 Å². The molecule has 5 nitrogen and oxygen atoms in total. The van der Waals surface area contributed by atoms with Crippen LogP contribution in [0.2, 0.25) is 0 Å². The van der Waals surface area contributed by atoms with Crippen molar-refractivity contribution in [1.82, 2.24) is 9.88 Å². The van der Waals surface area contributed by atoms with Crippen LogP contribution in [-0.2, 0) is 6.54 Å². The number of piperazine rings is 1. The predicted octanol–water partition coefficient (Wildman–Crippen LogP) is 4.18. The van der Waals surface area contributed by atoms with E-state index in [1.165, 1.54) is 17.7 Å². The molecule has 0 amide bonds. The van der Waals surface area contributed by atoms with Crippen LogP contribution in [0.4, 0.5) is 10.3 Å². The molecule has 0 radical (unpaired) electrons. The lowest BCUT2D eigenvalue weighted by Gasteiger charge is -2.34. The van der Waals surface area contributed by atoms with Gasteiger partial charge in [0.1, 0.15) is 11.9 Å². The van der Waals surface area contributed by atoms with Crippen LogP contribution < -0.4 is 4.90 Å². The van der Waals surface area contributed by atoms with E-state index < -0.39 is 0 Å². The molecule has 29 heavy (non-hydrogen) atoms. The lowest BCUT2D eigenvalue weighted by molar-refractivity contribution is 0.246. The summed E-state index contributed by atoms with van der Waals surface area (Å²) >= 11 is 0. The van der Waals surface area contributed by atoms with Crippen LogP contribution in [0, 0.1) is 17.1 Å². The van der Waals surface area contributed by atoms with Crippen molar-refractivity contribution < 1.29 is 8.81 Å². The van der Waals surface area contributed by atoms with Crippen molar-refractivity contribution in [3.05, 3.63) is 83.1 Å². The molecule has 1 fully saturated rings. The highest BCUT2D eigenvalue weighted by atomic mass is 19.1. The van der Waals surface area contributed by atoms with Gasteiger partial charge in [-0.05, 0) is 29.3 Å². The molecule has 0 N–H and O–H groups in total. The molecule has 2 heterocycles. The zero-order valence-electron chi connectivity index (χ0n) is 16.0. The first-order valence-electron chi connectivity index (χ1n) is 9.57. The average Bonchev–Trinajstić information content (AvgIpc) is 3.18. The van der Waals surface area contributed by atoms with E-state index in [1.807, 2.05) is 6.07 Å². The highest BCUT2D eigenvalue weighted by Crippen LogP contribution is 2.24. The van der Waals surface area contributed by atoms with Gasteiger partial charge in [0.05, 0.1) is 0 Å². The third kappa shape index (κ3) is 4.71. The van der Waals surface area contributed by atoms with Crippen molar-refractivity contribution in [3.63, 3.8) is 0 Å². The van der Waals surface area contributed by atoms with E-state index in [9.17, 15) is 9.65 Å². The second-order valence-corrected chi connectivity index (χ2v) is 6.95. The number of halogens is 1. The molecule has 1 saturated heterocycles. The van der Waals surface area contributed by atoms with Gasteiger partial charge in [0.25, 0.3) is 0 Å². The predicted molar refractivity (Wildman–Crippen MR) is 110 cm³/mol. The number of nitriles is 1. The molecule has 0 spiro atoms. The van der Waals surface area contributed by atoms with E-state index in [-0.39, 0.29) is 5.82 Å². The summed E-state index contributed by atoms with van der Waals surface area (Å²) in [6.45, 7) is 4.25. The molecule has 1 aliphatic rings. The number of hydrogen-bond donors (Lipinski definition) is 0. The Bertz CT molecular complexity index is 1010. The van der Waals surface area contributed by atoms with Gasteiger partial charge in [0.2, 0.25) is 17.5 Å². The number of aromatic nitrogens is 1. The van der Waals surface area contributed by atoms with Gasteiger partial charge in [-0.15, -0.1) is 0 Å². The quantitative estimate of drug-likeness (QED) is 0.656. The Labute approximate surface area is 169 Å². The monoisotopic (exact) mass is 388 g/mol. The first-order chi connectivity index (χ1) is 14.2. The Balaban J connectivity index is 1.41. The fourth-order valence-corrected chi connectivity index (χ4v) is 3.38. The van der Waals surface area contributed by atoms with E-state index >= 15 is 0 Å². The minimum absolute atomic E-state index is 0.279. The van der Waals surface area contributed by atoms with Crippen LogP contribution >= 0.6 is 0 Å². The highest BCUT2D eigenvalue weighted by Gasteiger charge is 2.23. The van der Waals surface area contributed by atoms with Crippen LogP contribution in [0.25, 0.3) is 12.2 Å². The lowest BCUT2D eigenvalue weighted by atomic mass is 10.2. The Morgan fingerprint density at radius 3 is 2.41 bits per heavy atom. The minimum atomic E-state index is -0.279. The summed E-state index contributed by atoms with van der Waals surface area (Å²) in [5, 5.41) is 9.45. The molecule has 146 valence electrons. The number of nitrogens with zero attached hydrogens (tertiary/aromatic N) is 4. The van der Waals surface area contributed by atoms with Crippen molar-refractivity contribution in [1.29, 1.82) is 5.26 Å². The maximum Gasteiger partial charge on any atom is 0.235 e. The second kappa shape index (κ2) is 8.72. The SMILES string of the molecule is N#Cc1nc(C=Cc2ccc(F)cc2)oc1N1CCN(Cc2ccccc2)CC1. The molecule has 0 aliphatic carbocycles. The van der Waals surface area contributed by atoms with Gasteiger partial charge in [0, 0.05) is 38.8 Å². The van der Waals surface area contributed by atoms with Gasteiger partial charge < -0.3 is 9.32 Å². The molecular weight excluding hydrogens is 367 g/mol. The van der Waals surface area contributed by atoms with Crippen molar-refractivity contribution in [2.24, 2.45) is 0 Å². The number of anilines is 1. The summed E-state index contributed by atoms with van der Waals surface area (Å²) in [7, 11) is 0. The molecule has 4 rings (SSSR count). The second-order valence-electron chi connectivity index (χ2n) is 6.95. The largest absolute Gasteiger partial charge is 0.420 e. The van der Waals surface area contributed by atoms with Gasteiger partial charge in [-0.25, -0.2) is 4.39 Å². The third-order valence-electron chi connectivity index (χ3n) is 4.93. The van der Waals surface area contributed by atoms with Gasteiger partial charge in [-0.2, -0.15) is 10.2 Å². The maximum atomic E-state index is 13.0. The molecule has 1 aromatic heterocycles. The lowest BCUT2D eigenvalue weighted by Crippen LogP contribution is -2.46. The van der Waals surface area contributed by atoms with Crippen molar-refractivity contribution in [2.75, 3.05) is 31.1 Å². The topological polar surface area (TPSA) is 56.3 Å². The van der Waals surface area contributed by atoms with E-state index in [0.717, 1.165) is 38.3 Å². The maximum absolute atomic E-state index is 13.0. The summed E-state index contributed by atoms with van der Waals surface area (Å²) in [6, 6.07) is 18.7. The molecule has 0 bridgehead atoms. The van der Waals surface area contributed by atoms with Gasteiger partial charge in [0.15, 0.2) is 0 Å². The van der Waals surface area contributed by atoms with Gasteiger partial charge in [-0.3, -0.25) is 4.90 Å². The number of benzene rings is 2. The number of hydrogen-bond acceptors (Lipinski definition) is 5. The van der Waals surface area contributed by atoms with Crippen molar-refractivity contribution in [3.8, 4) is 6.07 Å². The van der Waals surface area contributed by atoms with Gasteiger partial charge in [-0.1, -0.05) is 42.5 Å². The summed E-state index contributed by atoms with van der Waals surface area (Å²) in [4.78, 5) is 8.74. The minimum Gasteiger partial charge on any atom is -0.420 e. The van der Waals surface area contributed by atoms with E-state index in [1.54, 1.807) is 24.3 Å². The van der Waals surface area contributed by atoms with Gasteiger partial charge >= 0.3 is 0 Å². The number of oxazole rings is 1. The summed E-state index contributed by atoms with van der Waals surface area (Å²) in [5.74, 6) is 0.608. The van der Waals surface area contributed by atoms with Crippen LogP contribution in [0.15, 0.2) is 59.0 Å². The molecular formula is C23H21FN4O. The molecule has 1 aliphatic heterocycles. The van der Waals surface area contributed by atoms with Crippen molar-refractivity contribution in [2.45, 2.75) is 6.54 Å². The van der Waals surface area contributed by atoms with Crippen LogP contribution in [0.5, 0.6) is 0 Å². The molecule has 0 atom stereocenters. The summed E-state index contributed by atoms with van der Waals surface area (Å²) in [6.07, 6.45) is 3.48. The standard InChI is InChI=1S/C23H21FN4O/c24-20-9-6-18(7-10-20)8-11-22-26-21(16-25)23(29-22)28-14-12-27(13-15-28)17-19-4-2-1-3-5-19/h1-11H,12-15,17H2. The Morgan fingerprint density at radius 2 is 1.72 bits per heavy atom. The van der Waals surface area contributed by atoms with Crippen LogP contribution in [0.1, 0.15) is 22.7 Å². The Kier molecular flexibility index (Phi) is 5.68. The zero-order valence-corrected chi connectivity index (χ0v) is 16.0. The normalized spacial score (nSPS) is 15.0. The smallest absolute Gasteiger partial charge is 0.235 e. The van der Waals surface area contributed by atoms with Crippen LogP contribution in [0.3, 0.4) is 0 Å². The first kappa shape index (κ1) is 18.9. The third-order valence-corrected chi connectivity index (χ3v) is 4.93. The van der Waals surface area contributed by atoms with Crippen LogP contribution in [-0.4, -0.2) is 36.1 Å². The fraction of sp³-hybridized carbons (Fsp3) is 0.217. The molecule has 3 aromatic rings. The Hall–Kier alpha value is -3.43. The summed E-state index contributed by atoms with van der Waals surface area (Å²) in [5.41, 5.74) is 2.42. The van der Waals surface area contributed by atoms with E-state index in [2.05, 4.69) is 45.1 Å². The number of rotatable bonds is 5. The molecule has 0 unspecified atom stereocenters. The summed E-state index contributed by atoms with van der Waals surface area (Å²) < 4.78 is 18.9. The molecule has 2 aromatic carbocycles. The first-order valence-corrected chi connectivity index (χ1v) is 9.57. The van der Waals surface area contributed by atoms with Crippen molar-refractivity contribution >= 4 is 18.0 Å². The Morgan fingerprint density at radius 1 is 1.00 bits per heavy atom. The average molecular weight is 388 g/mol. The fourth-order valence-electron chi connectivity index (χ4n) is 3.38. The molecule has 0 saturated carbocycles.